The van der Waals surface area contributed by atoms with Crippen LogP contribution in [0.1, 0.15) is 39.7 Å². The maximum atomic E-state index is 12.2. The van der Waals surface area contributed by atoms with E-state index in [0.29, 0.717) is 0 Å². The number of benzene rings is 1. The highest BCUT2D eigenvalue weighted by Gasteiger charge is 2.22. The van der Waals surface area contributed by atoms with E-state index in [0.717, 1.165) is 23.4 Å². The summed E-state index contributed by atoms with van der Waals surface area (Å²) in [6.07, 6.45) is 0.888. The number of nitrogens with one attached hydrogen (secondary N) is 2. The molecular weight excluding hydrogens is 252 g/mol. The summed E-state index contributed by atoms with van der Waals surface area (Å²) >= 11 is 0. The van der Waals surface area contributed by atoms with Crippen LogP contribution in [0.3, 0.4) is 0 Å². The van der Waals surface area contributed by atoms with Crippen molar-refractivity contribution < 1.29 is 9.53 Å². The molecule has 0 radical (unpaired) electrons. The molecule has 4 heteroatoms. The number of hydrogen-bond donors (Lipinski definition) is 2. The predicted octanol–water partition coefficient (Wildman–Crippen LogP) is 3.11. The van der Waals surface area contributed by atoms with E-state index in [2.05, 4.69) is 17.6 Å². The minimum Gasteiger partial charge on any atom is -0.495 e. The lowest BCUT2D eigenvalue weighted by Gasteiger charge is -2.27. The summed E-state index contributed by atoms with van der Waals surface area (Å²) in [5, 5.41) is 6.25. The average Bonchev–Trinajstić information content (AvgIpc) is 2.38. The second-order valence-electron chi connectivity index (χ2n) is 5.80. The van der Waals surface area contributed by atoms with Gasteiger partial charge >= 0.3 is 0 Å². The summed E-state index contributed by atoms with van der Waals surface area (Å²) in [4.78, 5) is 12.2. The molecule has 0 aromatic heterocycles. The molecule has 0 saturated heterocycles. The number of amides is 1. The van der Waals surface area contributed by atoms with E-state index in [1.807, 2.05) is 45.9 Å². The van der Waals surface area contributed by atoms with Crippen molar-refractivity contribution in [2.24, 2.45) is 0 Å². The van der Waals surface area contributed by atoms with Gasteiger partial charge in [-0.25, -0.2) is 0 Å². The fourth-order valence-electron chi connectivity index (χ4n) is 1.76. The van der Waals surface area contributed by atoms with Crippen LogP contribution in [-0.4, -0.2) is 24.6 Å². The first-order chi connectivity index (χ1) is 9.29. The molecule has 0 saturated carbocycles. The van der Waals surface area contributed by atoms with Gasteiger partial charge in [-0.3, -0.25) is 4.79 Å². The SMILES string of the molecule is CCC(C)(C)NC(=O)C(C)Nc1cc(C)ccc1OC. The summed E-state index contributed by atoms with van der Waals surface area (Å²) in [6.45, 7) is 9.95. The maximum Gasteiger partial charge on any atom is 0.242 e. The molecule has 2 N–H and O–H groups in total. The van der Waals surface area contributed by atoms with Gasteiger partial charge in [0.1, 0.15) is 11.8 Å². The van der Waals surface area contributed by atoms with Gasteiger partial charge in [0.15, 0.2) is 0 Å². The van der Waals surface area contributed by atoms with Gasteiger partial charge in [-0.05, 0) is 51.8 Å². The first kappa shape index (κ1) is 16.3. The largest absolute Gasteiger partial charge is 0.495 e. The minimum absolute atomic E-state index is 0.0135. The Morgan fingerprint density at radius 1 is 1.40 bits per heavy atom. The fraction of sp³-hybridized carbons (Fsp3) is 0.562. The molecule has 0 heterocycles. The Morgan fingerprint density at radius 3 is 2.60 bits per heavy atom. The highest BCUT2D eigenvalue weighted by atomic mass is 16.5. The van der Waals surface area contributed by atoms with E-state index >= 15 is 0 Å². The monoisotopic (exact) mass is 278 g/mol. The van der Waals surface area contributed by atoms with Crippen molar-refractivity contribution in [2.45, 2.75) is 52.6 Å². The lowest BCUT2D eigenvalue weighted by Crippen LogP contribution is -2.48. The van der Waals surface area contributed by atoms with E-state index in [1.54, 1.807) is 7.11 Å². The van der Waals surface area contributed by atoms with Gasteiger partial charge in [0.05, 0.1) is 12.8 Å². The lowest BCUT2D eigenvalue weighted by atomic mass is 10.0. The van der Waals surface area contributed by atoms with Crippen molar-refractivity contribution in [2.75, 3.05) is 12.4 Å². The molecular formula is C16H26N2O2. The Hall–Kier alpha value is -1.71. The molecule has 4 nitrogen and oxygen atoms in total. The van der Waals surface area contributed by atoms with Crippen LogP contribution >= 0.6 is 0 Å². The number of carbonyl (C=O) groups excluding carboxylic acids is 1. The van der Waals surface area contributed by atoms with Gasteiger partial charge in [0.2, 0.25) is 5.91 Å². The van der Waals surface area contributed by atoms with Gasteiger partial charge in [0.25, 0.3) is 0 Å². The van der Waals surface area contributed by atoms with Crippen molar-refractivity contribution in [3.05, 3.63) is 23.8 Å². The van der Waals surface area contributed by atoms with Crippen LogP contribution in [0.15, 0.2) is 18.2 Å². The lowest BCUT2D eigenvalue weighted by molar-refractivity contribution is -0.123. The Kier molecular flexibility index (Phi) is 5.43. The number of hydrogen-bond acceptors (Lipinski definition) is 3. The first-order valence-electron chi connectivity index (χ1n) is 7.02. The number of methoxy groups -OCH3 is 1. The standard InChI is InChI=1S/C16H26N2O2/c1-7-16(4,5)18-15(19)12(3)17-13-10-11(2)8-9-14(13)20-6/h8-10,12,17H,7H2,1-6H3,(H,18,19). The summed E-state index contributed by atoms with van der Waals surface area (Å²) in [5.41, 5.74) is 1.77. The highest BCUT2D eigenvalue weighted by Crippen LogP contribution is 2.25. The van der Waals surface area contributed by atoms with Gasteiger partial charge in [-0.15, -0.1) is 0 Å². The predicted molar refractivity (Wildman–Crippen MR) is 83.3 cm³/mol. The number of rotatable bonds is 6. The average molecular weight is 278 g/mol. The van der Waals surface area contributed by atoms with Crippen LogP contribution in [0.4, 0.5) is 5.69 Å². The highest BCUT2D eigenvalue weighted by molar-refractivity contribution is 5.85. The van der Waals surface area contributed by atoms with Gasteiger partial charge in [0, 0.05) is 5.54 Å². The smallest absolute Gasteiger partial charge is 0.242 e. The number of anilines is 1. The van der Waals surface area contributed by atoms with Gasteiger partial charge in [-0.2, -0.15) is 0 Å². The van der Waals surface area contributed by atoms with E-state index in [9.17, 15) is 4.79 Å². The molecule has 1 aromatic rings. The van der Waals surface area contributed by atoms with Gasteiger partial charge < -0.3 is 15.4 Å². The Balaban J connectivity index is 2.78. The van der Waals surface area contributed by atoms with Crippen LogP contribution in [0.2, 0.25) is 0 Å². The van der Waals surface area contributed by atoms with Crippen LogP contribution < -0.4 is 15.4 Å². The molecule has 0 aliphatic carbocycles. The van der Waals surface area contributed by atoms with Crippen LogP contribution in [-0.2, 0) is 4.79 Å². The van der Waals surface area contributed by atoms with Crippen molar-refractivity contribution in [1.82, 2.24) is 5.32 Å². The first-order valence-corrected chi connectivity index (χ1v) is 7.02. The summed E-state index contributed by atoms with van der Waals surface area (Å²) in [5.74, 6) is 0.727. The second-order valence-corrected chi connectivity index (χ2v) is 5.80. The third-order valence-corrected chi connectivity index (χ3v) is 3.47. The Morgan fingerprint density at radius 2 is 2.05 bits per heavy atom. The summed E-state index contributed by atoms with van der Waals surface area (Å²) in [7, 11) is 1.63. The van der Waals surface area contributed by atoms with Crippen LogP contribution in [0.5, 0.6) is 5.75 Å². The van der Waals surface area contributed by atoms with E-state index in [-0.39, 0.29) is 17.5 Å². The Labute approximate surface area is 121 Å². The normalized spacial score (nSPS) is 12.7. The molecule has 1 aromatic carbocycles. The van der Waals surface area contributed by atoms with Crippen molar-refractivity contribution in [3.8, 4) is 5.75 Å². The van der Waals surface area contributed by atoms with Crippen molar-refractivity contribution >= 4 is 11.6 Å². The minimum atomic E-state index is -0.323. The third-order valence-electron chi connectivity index (χ3n) is 3.47. The fourth-order valence-corrected chi connectivity index (χ4v) is 1.76. The molecule has 0 bridgehead atoms. The third kappa shape index (κ3) is 4.44. The molecule has 1 rings (SSSR count). The molecule has 20 heavy (non-hydrogen) atoms. The number of ether oxygens (including phenoxy) is 1. The zero-order valence-electron chi connectivity index (χ0n) is 13.3. The number of aryl methyl sites for hydroxylation is 1. The quantitative estimate of drug-likeness (QED) is 0.840. The Bertz CT molecular complexity index is 470. The molecule has 0 aliphatic rings. The van der Waals surface area contributed by atoms with Crippen molar-refractivity contribution in [1.29, 1.82) is 0 Å². The zero-order chi connectivity index (χ0) is 15.3. The molecule has 0 spiro atoms. The molecule has 112 valence electrons. The van der Waals surface area contributed by atoms with E-state index in [4.69, 9.17) is 4.74 Å². The number of carbonyl (C=O) groups is 1. The van der Waals surface area contributed by atoms with E-state index < -0.39 is 0 Å². The summed E-state index contributed by atoms with van der Waals surface area (Å²) in [6, 6.07) is 5.54. The van der Waals surface area contributed by atoms with E-state index in [1.165, 1.54) is 0 Å². The molecule has 0 fully saturated rings. The van der Waals surface area contributed by atoms with Crippen LogP contribution in [0.25, 0.3) is 0 Å². The molecule has 1 amide bonds. The summed E-state index contributed by atoms with van der Waals surface area (Å²) < 4.78 is 5.31. The molecule has 1 atom stereocenters. The maximum absolute atomic E-state index is 12.2. The molecule has 1 unspecified atom stereocenters. The molecule has 0 aliphatic heterocycles. The second kappa shape index (κ2) is 6.64. The van der Waals surface area contributed by atoms with Gasteiger partial charge in [-0.1, -0.05) is 13.0 Å². The van der Waals surface area contributed by atoms with Crippen molar-refractivity contribution in [3.63, 3.8) is 0 Å². The zero-order valence-corrected chi connectivity index (χ0v) is 13.3. The van der Waals surface area contributed by atoms with Crippen LogP contribution in [0, 0.1) is 6.92 Å². The topological polar surface area (TPSA) is 50.4 Å².